The van der Waals surface area contributed by atoms with Crippen molar-refractivity contribution in [2.45, 2.75) is 32.8 Å². The number of hydrogen-bond acceptors (Lipinski definition) is 4. The maximum absolute atomic E-state index is 11.9. The smallest absolute Gasteiger partial charge is 0.344 e. The number of aliphatic hydroxyl groups is 1. The van der Waals surface area contributed by atoms with E-state index in [0.717, 1.165) is 18.4 Å². The Morgan fingerprint density at radius 3 is 2.65 bits per heavy atom. The number of benzene rings is 1. The standard InChI is InChI=1S/C16H19NO3/c1-3-4-10-17-14-13(11(2)18)16(19)20-15(14)12-8-6-5-7-9-12/h5-9,15,18H,3-4,10H2,1-2H3. The molecule has 0 aromatic heterocycles. The summed E-state index contributed by atoms with van der Waals surface area (Å²) in [6.07, 6.45) is 1.45. The van der Waals surface area contributed by atoms with E-state index < -0.39 is 12.1 Å². The van der Waals surface area contributed by atoms with Gasteiger partial charge < -0.3 is 9.84 Å². The van der Waals surface area contributed by atoms with Crippen molar-refractivity contribution in [2.24, 2.45) is 4.99 Å². The van der Waals surface area contributed by atoms with Gasteiger partial charge in [0.15, 0.2) is 6.10 Å². The van der Waals surface area contributed by atoms with E-state index >= 15 is 0 Å². The van der Waals surface area contributed by atoms with E-state index in [2.05, 4.69) is 11.9 Å². The van der Waals surface area contributed by atoms with Crippen LogP contribution in [0.25, 0.3) is 0 Å². The third kappa shape index (κ3) is 2.90. The molecule has 0 radical (unpaired) electrons. The molecule has 20 heavy (non-hydrogen) atoms. The van der Waals surface area contributed by atoms with Crippen LogP contribution in [0.3, 0.4) is 0 Å². The maximum Gasteiger partial charge on any atom is 0.344 e. The van der Waals surface area contributed by atoms with Crippen LogP contribution in [-0.2, 0) is 9.53 Å². The molecule has 4 heteroatoms. The number of carbonyl (C=O) groups is 1. The van der Waals surface area contributed by atoms with E-state index in [4.69, 9.17) is 4.74 Å². The molecule has 1 aliphatic rings. The monoisotopic (exact) mass is 273 g/mol. The van der Waals surface area contributed by atoms with Crippen molar-refractivity contribution in [1.29, 1.82) is 0 Å². The molecule has 2 rings (SSSR count). The van der Waals surface area contributed by atoms with Crippen LogP contribution >= 0.6 is 0 Å². The van der Waals surface area contributed by atoms with Crippen molar-refractivity contribution in [1.82, 2.24) is 0 Å². The number of hydrogen-bond donors (Lipinski definition) is 1. The second-order valence-corrected chi connectivity index (χ2v) is 4.78. The predicted molar refractivity (Wildman–Crippen MR) is 77.8 cm³/mol. The average Bonchev–Trinajstić information content (AvgIpc) is 2.77. The summed E-state index contributed by atoms with van der Waals surface area (Å²) in [6.45, 7) is 4.20. The molecule has 1 aromatic carbocycles. The number of ether oxygens (including phenoxy) is 1. The Hall–Kier alpha value is -2.10. The van der Waals surface area contributed by atoms with Gasteiger partial charge in [0.2, 0.25) is 0 Å². The van der Waals surface area contributed by atoms with Gasteiger partial charge in [-0.15, -0.1) is 0 Å². The van der Waals surface area contributed by atoms with Gasteiger partial charge in [-0.1, -0.05) is 43.7 Å². The van der Waals surface area contributed by atoms with Crippen molar-refractivity contribution in [3.63, 3.8) is 0 Å². The molecule has 1 saturated heterocycles. The summed E-state index contributed by atoms with van der Waals surface area (Å²) in [5, 5.41) is 9.71. The molecular weight excluding hydrogens is 254 g/mol. The Labute approximate surface area is 118 Å². The molecule has 1 N–H and O–H groups in total. The highest BCUT2D eigenvalue weighted by molar-refractivity contribution is 6.26. The molecule has 0 aliphatic carbocycles. The molecule has 0 spiro atoms. The fourth-order valence-electron chi connectivity index (χ4n) is 2.16. The molecule has 1 atom stereocenters. The lowest BCUT2D eigenvalue weighted by Crippen LogP contribution is -2.10. The predicted octanol–water partition coefficient (Wildman–Crippen LogP) is 3.36. The molecule has 1 unspecified atom stereocenters. The first-order valence-corrected chi connectivity index (χ1v) is 6.85. The van der Waals surface area contributed by atoms with Gasteiger partial charge in [0.05, 0.1) is 5.71 Å². The Kier molecular flexibility index (Phi) is 4.56. The molecule has 1 fully saturated rings. The number of allylic oxidation sites excluding steroid dienone is 1. The largest absolute Gasteiger partial charge is 0.512 e. The number of esters is 1. The Balaban J connectivity index is 2.39. The third-order valence-corrected chi connectivity index (χ3v) is 3.19. The first-order valence-electron chi connectivity index (χ1n) is 6.85. The van der Waals surface area contributed by atoms with Crippen LogP contribution in [-0.4, -0.2) is 23.3 Å². The zero-order chi connectivity index (χ0) is 14.5. The number of cyclic esters (lactones) is 1. The summed E-state index contributed by atoms with van der Waals surface area (Å²) >= 11 is 0. The van der Waals surface area contributed by atoms with Crippen LogP contribution in [0.4, 0.5) is 0 Å². The topological polar surface area (TPSA) is 58.9 Å². The fourth-order valence-corrected chi connectivity index (χ4v) is 2.16. The SMILES string of the molecule is CCCCN=C1C(=C(C)O)C(=O)OC1c1ccccc1. The lowest BCUT2D eigenvalue weighted by molar-refractivity contribution is -0.138. The van der Waals surface area contributed by atoms with Gasteiger partial charge in [0.1, 0.15) is 11.3 Å². The number of carbonyl (C=O) groups excluding carboxylic acids is 1. The highest BCUT2D eigenvalue weighted by Crippen LogP contribution is 2.32. The van der Waals surface area contributed by atoms with Gasteiger partial charge in [-0.05, 0) is 18.9 Å². The van der Waals surface area contributed by atoms with Crippen LogP contribution in [0, 0.1) is 0 Å². The van der Waals surface area contributed by atoms with E-state index in [0.29, 0.717) is 12.3 Å². The summed E-state index contributed by atoms with van der Waals surface area (Å²) in [5.41, 5.74) is 1.61. The van der Waals surface area contributed by atoms with Crippen LogP contribution in [0.15, 0.2) is 46.7 Å². The van der Waals surface area contributed by atoms with E-state index in [1.807, 2.05) is 30.3 Å². The minimum absolute atomic E-state index is 0.0383. The maximum atomic E-state index is 11.9. The molecule has 0 amide bonds. The van der Waals surface area contributed by atoms with E-state index in [9.17, 15) is 9.90 Å². The van der Waals surface area contributed by atoms with Crippen LogP contribution in [0.1, 0.15) is 38.4 Å². The fraction of sp³-hybridized carbons (Fsp3) is 0.375. The van der Waals surface area contributed by atoms with Crippen LogP contribution in [0.5, 0.6) is 0 Å². The molecular formula is C16H19NO3. The van der Waals surface area contributed by atoms with Gasteiger partial charge in [-0.3, -0.25) is 4.99 Å². The van der Waals surface area contributed by atoms with E-state index in [-0.39, 0.29) is 11.3 Å². The summed E-state index contributed by atoms with van der Waals surface area (Å²) < 4.78 is 5.38. The lowest BCUT2D eigenvalue weighted by Gasteiger charge is -2.10. The Morgan fingerprint density at radius 2 is 2.05 bits per heavy atom. The number of rotatable bonds is 4. The van der Waals surface area contributed by atoms with E-state index in [1.165, 1.54) is 6.92 Å². The number of aliphatic imine (C=N–C) groups is 1. The van der Waals surface area contributed by atoms with Crippen molar-refractivity contribution in [2.75, 3.05) is 6.54 Å². The van der Waals surface area contributed by atoms with Gasteiger partial charge in [0.25, 0.3) is 0 Å². The molecule has 1 aliphatic heterocycles. The zero-order valence-corrected chi connectivity index (χ0v) is 11.8. The molecule has 0 bridgehead atoms. The molecule has 4 nitrogen and oxygen atoms in total. The number of unbranched alkanes of at least 4 members (excludes halogenated alkanes) is 1. The summed E-state index contributed by atoms with van der Waals surface area (Å²) in [7, 11) is 0. The van der Waals surface area contributed by atoms with Crippen LogP contribution in [0.2, 0.25) is 0 Å². The molecule has 0 saturated carbocycles. The zero-order valence-electron chi connectivity index (χ0n) is 11.8. The van der Waals surface area contributed by atoms with E-state index in [1.54, 1.807) is 0 Å². The summed E-state index contributed by atoms with van der Waals surface area (Å²) in [6, 6.07) is 9.47. The first kappa shape index (κ1) is 14.3. The first-order chi connectivity index (χ1) is 9.65. The summed E-state index contributed by atoms with van der Waals surface area (Å²) in [5.74, 6) is -0.544. The van der Waals surface area contributed by atoms with Gasteiger partial charge >= 0.3 is 5.97 Å². The van der Waals surface area contributed by atoms with Gasteiger partial charge in [0, 0.05) is 6.54 Å². The average molecular weight is 273 g/mol. The molecule has 106 valence electrons. The highest BCUT2D eigenvalue weighted by Gasteiger charge is 2.38. The number of nitrogens with zero attached hydrogens (tertiary/aromatic N) is 1. The second kappa shape index (κ2) is 6.37. The molecule has 1 aromatic rings. The quantitative estimate of drug-likeness (QED) is 0.396. The minimum atomic E-state index is -0.516. The Morgan fingerprint density at radius 1 is 1.35 bits per heavy atom. The Bertz CT molecular complexity index is 542. The van der Waals surface area contributed by atoms with Gasteiger partial charge in [-0.25, -0.2) is 4.79 Å². The van der Waals surface area contributed by atoms with Gasteiger partial charge in [-0.2, -0.15) is 0 Å². The summed E-state index contributed by atoms with van der Waals surface area (Å²) in [4.78, 5) is 16.4. The van der Waals surface area contributed by atoms with Crippen LogP contribution < -0.4 is 0 Å². The van der Waals surface area contributed by atoms with Crippen molar-refractivity contribution >= 4 is 11.7 Å². The van der Waals surface area contributed by atoms with Crippen molar-refractivity contribution in [3.8, 4) is 0 Å². The highest BCUT2D eigenvalue weighted by atomic mass is 16.6. The second-order valence-electron chi connectivity index (χ2n) is 4.78. The lowest BCUT2D eigenvalue weighted by atomic mass is 10.0. The third-order valence-electron chi connectivity index (χ3n) is 3.19. The normalized spacial score (nSPS) is 23.0. The van der Waals surface area contributed by atoms with Crippen molar-refractivity contribution in [3.05, 3.63) is 47.2 Å². The minimum Gasteiger partial charge on any atom is -0.512 e. The number of aliphatic hydroxyl groups excluding tert-OH is 1. The molecule has 1 heterocycles. The van der Waals surface area contributed by atoms with Crippen molar-refractivity contribution < 1.29 is 14.6 Å².